The van der Waals surface area contributed by atoms with E-state index in [0.717, 1.165) is 12.1 Å². The van der Waals surface area contributed by atoms with Crippen molar-refractivity contribution >= 4 is 0 Å². The van der Waals surface area contributed by atoms with Crippen molar-refractivity contribution in [3.05, 3.63) is 30.1 Å². The number of nitrogens with one attached hydrogen (secondary N) is 1. The highest BCUT2D eigenvalue weighted by Crippen LogP contribution is 2.37. The van der Waals surface area contributed by atoms with Gasteiger partial charge in [0.25, 0.3) is 0 Å². The summed E-state index contributed by atoms with van der Waals surface area (Å²) in [6.07, 6.45) is 11.9. The van der Waals surface area contributed by atoms with Crippen LogP contribution in [-0.4, -0.2) is 35.6 Å². The van der Waals surface area contributed by atoms with Crippen molar-refractivity contribution in [2.75, 3.05) is 13.6 Å². The third-order valence-electron chi connectivity index (χ3n) is 4.94. The molecule has 1 aliphatic carbocycles. The molecule has 0 aromatic carbocycles. The zero-order valence-electron chi connectivity index (χ0n) is 11.9. The van der Waals surface area contributed by atoms with Crippen LogP contribution >= 0.6 is 0 Å². The summed E-state index contributed by atoms with van der Waals surface area (Å²) in [5.74, 6) is 0. The minimum atomic E-state index is 0.616. The van der Waals surface area contributed by atoms with Crippen LogP contribution in [0.4, 0.5) is 0 Å². The second kappa shape index (κ2) is 6.02. The maximum Gasteiger partial charge on any atom is 0.0366 e. The second-order valence-corrected chi connectivity index (χ2v) is 5.98. The average Bonchev–Trinajstić information content (AvgIpc) is 2.98. The standard InChI is InChI=1S/C16H25N3/c1-17-14-6-8-15(9-7-14)19-11-3-5-16(19)13-4-2-10-18-12-13/h2,4,10,12,14-17H,3,5-9,11H2,1H3. The van der Waals surface area contributed by atoms with E-state index in [2.05, 4.69) is 40.6 Å². The van der Waals surface area contributed by atoms with Crippen LogP contribution in [0.2, 0.25) is 0 Å². The summed E-state index contributed by atoms with van der Waals surface area (Å²) in [5, 5.41) is 3.43. The lowest BCUT2D eigenvalue weighted by atomic mass is 9.89. The molecule has 1 unspecified atom stereocenters. The number of hydrogen-bond donors (Lipinski definition) is 1. The minimum Gasteiger partial charge on any atom is -0.317 e. The van der Waals surface area contributed by atoms with Gasteiger partial charge in [-0.15, -0.1) is 0 Å². The van der Waals surface area contributed by atoms with Gasteiger partial charge in [0.15, 0.2) is 0 Å². The number of rotatable bonds is 3. The highest BCUT2D eigenvalue weighted by molar-refractivity contribution is 5.16. The van der Waals surface area contributed by atoms with Gasteiger partial charge in [0.1, 0.15) is 0 Å². The largest absolute Gasteiger partial charge is 0.317 e. The van der Waals surface area contributed by atoms with Gasteiger partial charge in [0.2, 0.25) is 0 Å². The van der Waals surface area contributed by atoms with Crippen LogP contribution in [0, 0.1) is 0 Å². The molecule has 1 saturated carbocycles. The molecule has 1 atom stereocenters. The molecular weight excluding hydrogens is 234 g/mol. The molecule has 3 heteroatoms. The van der Waals surface area contributed by atoms with E-state index >= 15 is 0 Å². The summed E-state index contributed by atoms with van der Waals surface area (Å²) in [4.78, 5) is 7.05. The van der Waals surface area contributed by atoms with Gasteiger partial charge in [0.05, 0.1) is 0 Å². The molecule has 0 bridgehead atoms. The predicted molar refractivity (Wildman–Crippen MR) is 78.0 cm³/mol. The zero-order chi connectivity index (χ0) is 13.1. The Bertz CT molecular complexity index is 384. The van der Waals surface area contributed by atoms with Crippen LogP contribution < -0.4 is 5.32 Å². The third kappa shape index (κ3) is 2.82. The van der Waals surface area contributed by atoms with Crippen LogP contribution in [-0.2, 0) is 0 Å². The summed E-state index contributed by atoms with van der Waals surface area (Å²) in [7, 11) is 2.10. The number of aromatic nitrogens is 1. The Morgan fingerprint density at radius 2 is 2.05 bits per heavy atom. The Morgan fingerprint density at radius 1 is 1.21 bits per heavy atom. The highest BCUT2D eigenvalue weighted by atomic mass is 15.2. The van der Waals surface area contributed by atoms with Crippen molar-refractivity contribution in [1.82, 2.24) is 15.2 Å². The van der Waals surface area contributed by atoms with Gasteiger partial charge in [-0.3, -0.25) is 9.88 Å². The predicted octanol–water partition coefficient (Wildman–Crippen LogP) is 2.75. The van der Waals surface area contributed by atoms with Crippen LogP contribution in [0.25, 0.3) is 0 Å². The van der Waals surface area contributed by atoms with E-state index in [4.69, 9.17) is 0 Å². The Morgan fingerprint density at radius 3 is 2.74 bits per heavy atom. The second-order valence-electron chi connectivity index (χ2n) is 5.98. The van der Waals surface area contributed by atoms with Gasteiger partial charge < -0.3 is 5.32 Å². The Labute approximate surface area is 116 Å². The SMILES string of the molecule is CNC1CCC(N2CCCC2c2cccnc2)CC1. The topological polar surface area (TPSA) is 28.2 Å². The lowest BCUT2D eigenvalue weighted by Crippen LogP contribution is -2.41. The monoisotopic (exact) mass is 259 g/mol. The van der Waals surface area contributed by atoms with Gasteiger partial charge in [-0.05, 0) is 63.7 Å². The summed E-state index contributed by atoms with van der Waals surface area (Å²) in [6, 6.07) is 6.47. The van der Waals surface area contributed by atoms with Crippen molar-refractivity contribution in [2.24, 2.45) is 0 Å². The van der Waals surface area contributed by atoms with Crippen molar-refractivity contribution < 1.29 is 0 Å². The third-order valence-corrected chi connectivity index (χ3v) is 4.94. The molecule has 0 spiro atoms. The minimum absolute atomic E-state index is 0.616. The Kier molecular flexibility index (Phi) is 4.14. The van der Waals surface area contributed by atoms with Gasteiger partial charge in [0, 0.05) is 30.5 Å². The number of nitrogens with zero attached hydrogens (tertiary/aromatic N) is 2. The molecule has 3 nitrogen and oxygen atoms in total. The summed E-state index contributed by atoms with van der Waals surface area (Å²) in [6.45, 7) is 1.27. The summed E-state index contributed by atoms with van der Waals surface area (Å²) < 4.78 is 0. The molecule has 0 amide bonds. The van der Waals surface area contributed by atoms with Crippen molar-refractivity contribution in [2.45, 2.75) is 56.7 Å². The van der Waals surface area contributed by atoms with Crippen molar-refractivity contribution in [3.8, 4) is 0 Å². The molecule has 1 N–H and O–H groups in total. The number of pyridine rings is 1. The molecular formula is C16H25N3. The highest BCUT2D eigenvalue weighted by Gasteiger charge is 2.33. The normalized spacial score (nSPS) is 32.6. The first-order chi connectivity index (χ1) is 9.38. The van der Waals surface area contributed by atoms with Crippen molar-refractivity contribution in [3.63, 3.8) is 0 Å². The fourth-order valence-electron chi connectivity index (χ4n) is 3.85. The Hall–Kier alpha value is -0.930. The quantitative estimate of drug-likeness (QED) is 0.904. The lowest BCUT2D eigenvalue weighted by Gasteiger charge is -2.38. The molecule has 2 heterocycles. The molecule has 104 valence electrons. The number of likely N-dealkylation sites (tertiary alicyclic amines) is 1. The summed E-state index contributed by atoms with van der Waals surface area (Å²) >= 11 is 0. The lowest BCUT2D eigenvalue weighted by molar-refractivity contribution is 0.132. The molecule has 19 heavy (non-hydrogen) atoms. The molecule has 2 aliphatic rings. The van der Waals surface area contributed by atoms with Gasteiger partial charge in [-0.1, -0.05) is 6.07 Å². The van der Waals surface area contributed by atoms with E-state index in [-0.39, 0.29) is 0 Å². The first kappa shape index (κ1) is 13.1. The molecule has 2 fully saturated rings. The summed E-state index contributed by atoms with van der Waals surface area (Å²) in [5.41, 5.74) is 1.41. The van der Waals surface area contributed by atoms with Crippen LogP contribution in [0.5, 0.6) is 0 Å². The number of hydrogen-bond acceptors (Lipinski definition) is 3. The average molecular weight is 259 g/mol. The molecule has 3 rings (SSSR count). The molecule has 0 radical (unpaired) electrons. The van der Waals surface area contributed by atoms with Gasteiger partial charge in [-0.25, -0.2) is 0 Å². The van der Waals surface area contributed by atoms with Gasteiger partial charge in [-0.2, -0.15) is 0 Å². The van der Waals surface area contributed by atoms with Gasteiger partial charge >= 0.3 is 0 Å². The molecule has 1 aromatic heterocycles. The van der Waals surface area contributed by atoms with E-state index < -0.39 is 0 Å². The van der Waals surface area contributed by atoms with E-state index in [9.17, 15) is 0 Å². The first-order valence-electron chi connectivity index (χ1n) is 7.71. The van der Waals surface area contributed by atoms with Crippen LogP contribution in [0.3, 0.4) is 0 Å². The van der Waals surface area contributed by atoms with E-state index in [1.165, 1.54) is 50.6 Å². The Balaban J connectivity index is 1.67. The molecule has 1 saturated heterocycles. The zero-order valence-corrected chi connectivity index (χ0v) is 11.9. The fraction of sp³-hybridized carbons (Fsp3) is 0.688. The van der Waals surface area contributed by atoms with Crippen LogP contribution in [0.15, 0.2) is 24.5 Å². The van der Waals surface area contributed by atoms with E-state index in [0.29, 0.717) is 6.04 Å². The maximum absolute atomic E-state index is 4.30. The molecule has 1 aromatic rings. The van der Waals surface area contributed by atoms with E-state index in [1.54, 1.807) is 0 Å². The first-order valence-corrected chi connectivity index (χ1v) is 7.71. The molecule has 1 aliphatic heterocycles. The smallest absolute Gasteiger partial charge is 0.0366 e. The van der Waals surface area contributed by atoms with Crippen molar-refractivity contribution in [1.29, 1.82) is 0 Å². The van der Waals surface area contributed by atoms with E-state index in [1.807, 2.05) is 6.20 Å². The van der Waals surface area contributed by atoms with Crippen LogP contribution in [0.1, 0.15) is 50.1 Å². The fourth-order valence-corrected chi connectivity index (χ4v) is 3.85. The maximum atomic E-state index is 4.30.